The van der Waals surface area contributed by atoms with Gasteiger partial charge in [-0.05, 0) is 80.7 Å². The number of tetrazole rings is 2. The zero-order chi connectivity index (χ0) is 35.0. The Balaban J connectivity index is 0.000000160. The first kappa shape index (κ1) is 34.1. The van der Waals surface area contributed by atoms with Crippen LogP contribution in [0.1, 0.15) is 71.3 Å². The van der Waals surface area contributed by atoms with E-state index in [4.69, 9.17) is 4.74 Å². The lowest BCUT2D eigenvalue weighted by atomic mass is 10.0. The standard InChI is InChI=1S/C21H25N5O.C18H18FN5/c1-2-3-15-27-19-11-9-18(10-12-19)20-21-22-23-24-26(21)14-13-25(20)16-17-7-5-4-6-8-17;1-13-3-2-4-14(11-13)12-23-9-10-24-18(20-21-22-24)17(23)15-5-7-16(19)8-6-15/h4-12,20H,2-3,13-16H2,1H3;2-8,11,17H,9-10,12H2,1H3/t20-;17-/m01/s1. The maximum atomic E-state index is 13.3. The quantitative estimate of drug-likeness (QED) is 0.156. The molecule has 2 aliphatic rings. The third-order valence-electron chi connectivity index (χ3n) is 9.38. The molecular formula is C39H43FN10O. The molecule has 0 fully saturated rings. The van der Waals surface area contributed by atoms with Crippen LogP contribution in [0.25, 0.3) is 0 Å². The molecule has 0 aliphatic carbocycles. The zero-order valence-electron chi connectivity index (χ0n) is 29.1. The first-order valence-corrected chi connectivity index (χ1v) is 17.6. The van der Waals surface area contributed by atoms with Crippen LogP contribution in [0.15, 0.2) is 103 Å². The Morgan fingerprint density at radius 1 is 0.667 bits per heavy atom. The minimum absolute atomic E-state index is 0.0404. The minimum atomic E-state index is -0.237. The Bertz CT molecular complexity index is 1980. The van der Waals surface area contributed by atoms with Gasteiger partial charge >= 0.3 is 0 Å². The van der Waals surface area contributed by atoms with Gasteiger partial charge in [-0.25, -0.2) is 13.8 Å². The maximum absolute atomic E-state index is 13.3. The number of aryl methyl sites for hydroxylation is 1. The molecule has 51 heavy (non-hydrogen) atoms. The number of fused-ring (bicyclic) bond motifs is 2. The summed E-state index contributed by atoms with van der Waals surface area (Å²) >= 11 is 0. The smallest absolute Gasteiger partial charge is 0.173 e. The first-order chi connectivity index (χ1) is 25.1. The van der Waals surface area contributed by atoms with Gasteiger partial charge in [0.05, 0.1) is 31.8 Å². The van der Waals surface area contributed by atoms with Crippen molar-refractivity contribution in [3.8, 4) is 5.75 Å². The molecule has 4 aromatic carbocycles. The number of ether oxygens (including phenoxy) is 1. The maximum Gasteiger partial charge on any atom is 0.173 e. The van der Waals surface area contributed by atoms with Gasteiger partial charge in [0.2, 0.25) is 0 Å². The van der Waals surface area contributed by atoms with E-state index in [0.29, 0.717) is 0 Å². The third-order valence-corrected chi connectivity index (χ3v) is 9.38. The summed E-state index contributed by atoms with van der Waals surface area (Å²) in [6, 6.07) is 34.0. The lowest BCUT2D eigenvalue weighted by Gasteiger charge is -2.35. The highest BCUT2D eigenvalue weighted by Crippen LogP contribution is 2.33. The van der Waals surface area contributed by atoms with Crippen molar-refractivity contribution in [3.63, 3.8) is 0 Å². The summed E-state index contributed by atoms with van der Waals surface area (Å²) in [5, 5.41) is 24.5. The van der Waals surface area contributed by atoms with Gasteiger partial charge in [0, 0.05) is 26.2 Å². The van der Waals surface area contributed by atoms with Gasteiger partial charge in [-0.1, -0.05) is 97.8 Å². The number of hydrogen-bond acceptors (Lipinski definition) is 9. The van der Waals surface area contributed by atoms with Gasteiger partial charge in [0.15, 0.2) is 11.6 Å². The lowest BCUT2D eigenvalue weighted by Crippen LogP contribution is -2.39. The van der Waals surface area contributed by atoms with Gasteiger partial charge in [-0.15, -0.1) is 10.2 Å². The highest BCUT2D eigenvalue weighted by atomic mass is 19.1. The predicted octanol–water partition coefficient (Wildman–Crippen LogP) is 6.18. The topological polar surface area (TPSA) is 103 Å². The van der Waals surface area contributed by atoms with Crippen LogP contribution in [0.5, 0.6) is 5.75 Å². The monoisotopic (exact) mass is 686 g/mol. The van der Waals surface area contributed by atoms with Crippen molar-refractivity contribution in [2.24, 2.45) is 0 Å². The molecule has 0 unspecified atom stereocenters. The van der Waals surface area contributed by atoms with E-state index in [2.05, 4.69) is 134 Å². The Kier molecular flexibility index (Phi) is 10.8. The summed E-state index contributed by atoms with van der Waals surface area (Å²) in [5.74, 6) is 2.38. The highest BCUT2D eigenvalue weighted by Gasteiger charge is 2.33. The molecule has 6 aromatic rings. The summed E-state index contributed by atoms with van der Waals surface area (Å²) in [6.07, 6.45) is 2.21. The number of unbranched alkanes of at least 4 members (excludes halogenated alkanes) is 1. The molecule has 11 nitrogen and oxygen atoms in total. The van der Waals surface area contributed by atoms with E-state index in [-0.39, 0.29) is 17.9 Å². The summed E-state index contributed by atoms with van der Waals surface area (Å²) in [6.45, 7) is 10.0. The molecule has 0 spiro atoms. The molecule has 4 heterocycles. The Hall–Kier alpha value is -5.33. The van der Waals surface area contributed by atoms with Gasteiger partial charge < -0.3 is 4.74 Å². The zero-order valence-corrected chi connectivity index (χ0v) is 29.1. The van der Waals surface area contributed by atoms with Crippen molar-refractivity contribution in [2.45, 2.75) is 65.0 Å². The van der Waals surface area contributed by atoms with Crippen molar-refractivity contribution in [3.05, 3.63) is 148 Å². The van der Waals surface area contributed by atoms with E-state index in [1.54, 1.807) is 0 Å². The fourth-order valence-electron chi connectivity index (χ4n) is 6.81. The van der Waals surface area contributed by atoms with E-state index in [9.17, 15) is 4.39 Å². The highest BCUT2D eigenvalue weighted by molar-refractivity contribution is 5.33. The average Bonchev–Trinajstić information content (AvgIpc) is 3.84. The van der Waals surface area contributed by atoms with Gasteiger partial charge in [-0.2, -0.15) is 0 Å². The van der Waals surface area contributed by atoms with Crippen LogP contribution in [0.2, 0.25) is 0 Å². The van der Waals surface area contributed by atoms with E-state index in [0.717, 1.165) is 81.7 Å². The van der Waals surface area contributed by atoms with E-state index in [1.165, 1.54) is 34.4 Å². The molecule has 0 saturated carbocycles. The number of rotatable bonds is 10. The molecule has 12 heteroatoms. The number of hydrogen-bond donors (Lipinski definition) is 0. The van der Waals surface area contributed by atoms with Crippen molar-refractivity contribution in [1.82, 2.24) is 50.2 Å². The molecule has 0 radical (unpaired) electrons. The van der Waals surface area contributed by atoms with E-state index in [1.807, 2.05) is 21.5 Å². The van der Waals surface area contributed by atoms with Crippen LogP contribution >= 0.6 is 0 Å². The summed E-state index contributed by atoms with van der Waals surface area (Å²) in [5.41, 5.74) is 5.97. The summed E-state index contributed by atoms with van der Waals surface area (Å²) in [4.78, 5) is 4.78. The predicted molar refractivity (Wildman–Crippen MR) is 191 cm³/mol. The molecule has 0 bridgehead atoms. The summed E-state index contributed by atoms with van der Waals surface area (Å²) < 4.78 is 22.9. The van der Waals surface area contributed by atoms with Gasteiger partial charge in [0.1, 0.15) is 11.6 Å². The SMILES string of the molecule is CCCCOc1ccc([C@H]2c3nnnn3CCN2Cc2ccccc2)cc1.Cc1cccc(CN2CCn3nnnc3[C@H]2c2ccc(F)cc2)c1. The first-order valence-electron chi connectivity index (χ1n) is 17.6. The lowest BCUT2D eigenvalue weighted by molar-refractivity contribution is 0.164. The van der Waals surface area contributed by atoms with Crippen LogP contribution in [0.3, 0.4) is 0 Å². The normalized spacial score (nSPS) is 17.2. The molecule has 2 atom stereocenters. The van der Waals surface area contributed by atoms with Crippen LogP contribution in [-0.2, 0) is 26.2 Å². The van der Waals surface area contributed by atoms with Crippen molar-refractivity contribution in [2.75, 3.05) is 19.7 Å². The molecule has 2 aromatic heterocycles. The number of benzene rings is 4. The second-order valence-electron chi connectivity index (χ2n) is 13.1. The second kappa shape index (κ2) is 16.1. The van der Waals surface area contributed by atoms with E-state index >= 15 is 0 Å². The average molecular weight is 687 g/mol. The van der Waals surface area contributed by atoms with Gasteiger partial charge in [-0.3, -0.25) is 9.80 Å². The molecule has 2 aliphatic heterocycles. The number of aromatic nitrogens is 8. The Morgan fingerprint density at radius 2 is 1.24 bits per heavy atom. The Morgan fingerprint density at radius 3 is 1.82 bits per heavy atom. The second-order valence-corrected chi connectivity index (χ2v) is 13.1. The van der Waals surface area contributed by atoms with Crippen molar-refractivity contribution in [1.29, 1.82) is 0 Å². The third kappa shape index (κ3) is 8.19. The molecular weight excluding hydrogens is 643 g/mol. The molecule has 0 saturated heterocycles. The fourth-order valence-corrected chi connectivity index (χ4v) is 6.81. The molecule has 8 rings (SSSR count). The van der Waals surface area contributed by atoms with Crippen LogP contribution in [0, 0.1) is 12.7 Å². The number of halogens is 1. The molecule has 0 amide bonds. The van der Waals surface area contributed by atoms with Crippen LogP contribution in [0.4, 0.5) is 4.39 Å². The summed E-state index contributed by atoms with van der Waals surface area (Å²) in [7, 11) is 0. The minimum Gasteiger partial charge on any atom is -0.494 e. The fraction of sp³-hybridized carbons (Fsp3) is 0.333. The van der Waals surface area contributed by atoms with Crippen molar-refractivity contribution < 1.29 is 9.13 Å². The van der Waals surface area contributed by atoms with Crippen molar-refractivity contribution >= 4 is 0 Å². The van der Waals surface area contributed by atoms with Gasteiger partial charge in [0.25, 0.3) is 0 Å². The van der Waals surface area contributed by atoms with E-state index < -0.39 is 0 Å². The number of nitrogens with zero attached hydrogens (tertiary/aromatic N) is 10. The molecule has 262 valence electrons. The van der Waals surface area contributed by atoms with Crippen LogP contribution in [-0.4, -0.2) is 69.9 Å². The molecule has 0 N–H and O–H groups in total. The largest absolute Gasteiger partial charge is 0.494 e. The Labute approximate surface area is 297 Å². The van der Waals surface area contributed by atoms with Crippen LogP contribution < -0.4 is 4.74 Å².